The summed E-state index contributed by atoms with van der Waals surface area (Å²) in [4.78, 5) is 12.0. The van der Waals surface area contributed by atoms with Crippen LogP contribution in [0.1, 0.15) is 36.0 Å². The lowest BCUT2D eigenvalue weighted by Crippen LogP contribution is -2.45. The zero-order chi connectivity index (χ0) is 13.1. The summed E-state index contributed by atoms with van der Waals surface area (Å²) in [6.07, 6.45) is 3.25. The zero-order valence-corrected chi connectivity index (χ0v) is 12.7. The molecule has 0 heterocycles. The molecule has 3 nitrogen and oxygen atoms in total. The number of carbonyl (C=O) groups is 1. The van der Waals surface area contributed by atoms with E-state index in [9.17, 15) is 9.90 Å². The number of hydrogen-bond donors (Lipinski definition) is 2. The van der Waals surface area contributed by atoms with Gasteiger partial charge in [-0.05, 0) is 53.6 Å². The lowest BCUT2D eigenvalue weighted by atomic mass is 9.92. The van der Waals surface area contributed by atoms with Gasteiger partial charge in [-0.15, -0.1) is 0 Å². The highest BCUT2D eigenvalue weighted by molar-refractivity contribution is 14.1. The fourth-order valence-corrected chi connectivity index (χ4v) is 2.68. The second-order valence-electron chi connectivity index (χ2n) is 4.56. The number of nitrogens with one attached hydrogen (secondary N) is 1. The van der Waals surface area contributed by atoms with E-state index in [-0.39, 0.29) is 11.9 Å². The van der Waals surface area contributed by atoms with Gasteiger partial charge < -0.3 is 10.4 Å². The van der Waals surface area contributed by atoms with Crippen LogP contribution < -0.4 is 5.32 Å². The molecular formula is C13H15ClINO2. The van der Waals surface area contributed by atoms with Crippen LogP contribution in [0.3, 0.4) is 0 Å². The van der Waals surface area contributed by atoms with Gasteiger partial charge in [-0.1, -0.05) is 24.4 Å². The average molecular weight is 380 g/mol. The molecule has 0 saturated heterocycles. The van der Waals surface area contributed by atoms with E-state index in [1.807, 2.05) is 6.07 Å². The highest BCUT2D eigenvalue weighted by Gasteiger charge is 2.24. The first-order valence-corrected chi connectivity index (χ1v) is 7.47. The van der Waals surface area contributed by atoms with Crippen LogP contribution >= 0.6 is 34.2 Å². The van der Waals surface area contributed by atoms with Crippen molar-refractivity contribution in [3.63, 3.8) is 0 Å². The van der Waals surface area contributed by atoms with Gasteiger partial charge in [-0.2, -0.15) is 0 Å². The van der Waals surface area contributed by atoms with Gasteiger partial charge in [0.1, 0.15) is 0 Å². The quantitative estimate of drug-likeness (QED) is 0.776. The molecular weight excluding hydrogens is 365 g/mol. The van der Waals surface area contributed by atoms with Crippen LogP contribution in [0.5, 0.6) is 0 Å². The molecule has 2 atom stereocenters. The standard InChI is InChI=1S/C13H15ClINO2/c14-9-7-8(5-6-10(9)15)13(18)16-11-3-1-2-4-12(11)17/h5-7,11-12,17H,1-4H2,(H,16,18)/t11-,12-/m0/s1. The molecule has 5 heteroatoms. The fourth-order valence-electron chi connectivity index (χ4n) is 2.17. The lowest BCUT2D eigenvalue weighted by Gasteiger charge is -2.28. The molecule has 1 fully saturated rings. The van der Waals surface area contributed by atoms with Gasteiger partial charge >= 0.3 is 0 Å². The summed E-state index contributed by atoms with van der Waals surface area (Å²) in [6, 6.07) is 5.09. The Kier molecular flexibility index (Phi) is 4.86. The van der Waals surface area contributed by atoms with Gasteiger partial charge in [-0.25, -0.2) is 0 Å². The van der Waals surface area contributed by atoms with Crippen molar-refractivity contribution in [2.24, 2.45) is 0 Å². The van der Waals surface area contributed by atoms with E-state index in [0.717, 1.165) is 29.3 Å². The summed E-state index contributed by atoms with van der Waals surface area (Å²) >= 11 is 8.11. The number of hydrogen-bond acceptors (Lipinski definition) is 2. The second kappa shape index (κ2) is 6.21. The topological polar surface area (TPSA) is 49.3 Å². The molecule has 1 saturated carbocycles. The van der Waals surface area contributed by atoms with E-state index in [2.05, 4.69) is 27.9 Å². The molecule has 2 N–H and O–H groups in total. The van der Waals surface area contributed by atoms with Gasteiger partial charge in [0, 0.05) is 9.13 Å². The minimum atomic E-state index is -0.429. The van der Waals surface area contributed by atoms with Crippen molar-refractivity contribution in [1.82, 2.24) is 5.32 Å². The normalized spacial score (nSPS) is 23.7. The molecule has 0 unspecified atom stereocenters. The van der Waals surface area contributed by atoms with E-state index in [1.54, 1.807) is 12.1 Å². The summed E-state index contributed by atoms with van der Waals surface area (Å²) in [5, 5.41) is 13.3. The molecule has 2 rings (SSSR count). The highest BCUT2D eigenvalue weighted by atomic mass is 127. The average Bonchev–Trinajstić information content (AvgIpc) is 2.35. The summed E-state index contributed by atoms with van der Waals surface area (Å²) in [6.45, 7) is 0. The Balaban J connectivity index is 2.04. The first-order valence-electron chi connectivity index (χ1n) is 6.02. The van der Waals surface area contributed by atoms with Gasteiger partial charge in [0.25, 0.3) is 5.91 Å². The molecule has 1 aromatic rings. The van der Waals surface area contributed by atoms with Gasteiger partial charge in [0.05, 0.1) is 17.2 Å². The van der Waals surface area contributed by atoms with E-state index in [1.165, 1.54) is 0 Å². The Labute approximate surface area is 125 Å². The predicted octanol–water partition coefficient (Wildman–Crippen LogP) is 2.98. The minimum Gasteiger partial charge on any atom is -0.391 e. The molecule has 18 heavy (non-hydrogen) atoms. The predicted molar refractivity (Wildman–Crippen MR) is 79.9 cm³/mol. The Hall–Kier alpha value is -0.330. The van der Waals surface area contributed by atoms with Crippen LogP contribution in [-0.2, 0) is 0 Å². The van der Waals surface area contributed by atoms with E-state index >= 15 is 0 Å². The molecule has 1 aliphatic rings. The van der Waals surface area contributed by atoms with Crippen LogP contribution in [0.15, 0.2) is 18.2 Å². The maximum Gasteiger partial charge on any atom is 0.251 e. The smallest absolute Gasteiger partial charge is 0.251 e. The number of rotatable bonds is 2. The first-order chi connectivity index (χ1) is 8.58. The summed E-state index contributed by atoms with van der Waals surface area (Å²) in [5.74, 6) is -0.167. The third kappa shape index (κ3) is 3.36. The fraction of sp³-hybridized carbons (Fsp3) is 0.462. The molecule has 0 bridgehead atoms. The molecule has 0 radical (unpaired) electrons. The SMILES string of the molecule is O=C(N[C@H]1CCCC[C@@H]1O)c1ccc(I)c(Cl)c1. The Morgan fingerprint density at radius 1 is 1.39 bits per heavy atom. The Morgan fingerprint density at radius 2 is 2.11 bits per heavy atom. The number of benzene rings is 1. The molecule has 0 aliphatic heterocycles. The number of carbonyl (C=O) groups excluding carboxylic acids is 1. The van der Waals surface area contributed by atoms with Crippen molar-refractivity contribution < 1.29 is 9.90 Å². The Morgan fingerprint density at radius 3 is 2.78 bits per heavy atom. The van der Waals surface area contributed by atoms with Crippen LogP contribution in [-0.4, -0.2) is 23.2 Å². The molecule has 0 spiro atoms. The summed E-state index contributed by atoms with van der Waals surface area (Å²) in [7, 11) is 0. The largest absolute Gasteiger partial charge is 0.391 e. The van der Waals surface area contributed by atoms with Crippen LogP contribution in [0.4, 0.5) is 0 Å². The van der Waals surface area contributed by atoms with Crippen LogP contribution in [0.2, 0.25) is 5.02 Å². The van der Waals surface area contributed by atoms with Gasteiger partial charge in [0.2, 0.25) is 0 Å². The van der Waals surface area contributed by atoms with E-state index in [0.29, 0.717) is 10.6 Å². The molecule has 0 aromatic heterocycles. The number of aliphatic hydroxyl groups is 1. The number of aliphatic hydroxyl groups excluding tert-OH is 1. The van der Waals surface area contributed by atoms with Crippen LogP contribution in [0.25, 0.3) is 0 Å². The molecule has 1 aliphatic carbocycles. The maximum atomic E-state index is 12.0. The van der Waals surface area contributed by atoms with Crippen molar-refractivity contribution in [1.29, 1.82) is 0 Å². The maximum absolute atomic E-state index is 12.0. The van der Waals surface area contributed by atoms with Gasteiger partial charge in [0.15, 0.2) is 0 Å². The lowest BCUT2D eigenvalue weighted by molar-refractivity contribution is 0.0717. The van der Waals surface area contributed by atoms with E-state index < -0.39 is 6.10 Å². The number of halogens is 2. The van der Waals surface area contributed by atoms with Crippen molar-refractivity contribution in [3.8, 4) is 0 Å². The molecule has 98 valence electrons. The molecule has 1 amide bonds. The minimum absolute atomic E-state index is 0.135. The zero-order valence-electron chi connectivity index (χ0n) is 9.83. The third-order valence-electron chi connectivity index (χ3n) is 3.23. The number of amides is 1. The van der Waals surface area contributed by atoms with Crippen molar-refractivity contribution in [2.45, 2.75) is 37.8 Å². The van der Waals surface area contributed by atoms with Gasteiger partial charge in [-0.3, -0.25) is 4.79 Å². The summed E-state index contributed by atoms with van der Waals surface area (Å²) < 4.78 is 0.920. The Bertz CT molecular complexity index is 453. The second-order valence-corrected chi connectivity index (χ2v) is 6.13. The molecule has 1 aromatic carbocycles. The van der Waals surface area contributed by atoms with Crippen LogP contribution in [0, 0.1) is 3.57 Å². The van der Waals surface area contributed by atoms with Crippen molar-refractivity contribution >= 4 is 40.1 Å². The van der Waals surface area contributed by atoms with E-state index in [4.69, 9.17) is 11.6 Å². The first kappa shape index (κ1) is 14.1. The summed E-state index contributed by atoms with van der Waals surface area (Å²) in [5.41, 5.74) is 0.540. The third-order valence-corrected chi connectivity index (χ3v) is 4.80. The van der Waals surface area contributed by atoms with Crippen molar-refractivity contribution in [2.75, 3.05) is 0 Å². The highest BCUT2D eigenvalue weighted by Crippen LogP contribution is 2.21. The monoisotopic (exact) mass is 379 g/mol. The van der Waals surface area contributed by atoms with Crippen molar-refractivity contribution in [3.05, 3.63) is 32.4 Å².